The molecule has 1 atom stereocenters. The Morgan fingerprint density at radius 3 is 1.11 bits per heavy atom. The summed E-state index contributed by atoms with van der Waals surface area (Å²) in [4.78, 5) is 25.5. The smallest absolute Gasteiger partial charge is 0.306 e. The fourth-order valence-corrected chi connectivity index (χ4v) is 7.29. The van der Waals surface area contributed by atoms with Gasteiger partial charge in [0, 0.05) is 19.4 Å². The molecule has 0 heterocycles. The zero-order chi connectivity index (χ0) is 47.7. The molecule has 0 rings (SSSR count). The van der Waals surface area contributed by atoms with E-state index in [1.807, 2.05) is 0 Å². The second-order valence-corrected chi connectivity index (χ2v) is 17.7. The molecule has 0 aromatic heterocycles. The summed E-state index contributed by atoms with van der Waals surface area (Å²) in [6.07, 6.45) is 76.7. The van der Waals surface area contributed by atoms with E-state index in [0.717, 1.165) is 122 Å². The van der Waals surface area contributed by atoms with E-state index >= 15 is 0 Å². The van der Waals surface area contributed by atoms with Gasteiger partial charge in [-0.25, -0.2) is 0 Å². The molecule has 1 unspecified atom stereocenters. The van der Waals surface area contributed by atoms with Crippen molar-refractivity contribution in [3.8, 4) is 0 Å². The first kappa shape index (κ1) is 62.6. The molecule has 0 saturated carbocycles. The van der Waals surface area contributed by atoms with E-state index in [0.29, 0.717) is 19.4 Å². The number of rotatable bonds is 49. The summed E-state index contributed by atoms with van der Waals surface area (Å²) in [5.41, 5.74) is 0. The molecule has 0 aromatic carbocycles. The van der Waals surface area contributed by atoms with Crippen LogP contribution in [0.15, 0.2) is 109 Å². The number of hydrogen-bond donors (Lipinski definition) is 0. The summed E-state index contributed by atoms with van der Waals surface area (Å²) in [6.45, 7) is 7.56. The molecule has 0 bridgehead atoms. The second kappa shape index (κ2) is 55.9. The van der Waals surface area contributed by atoms with Crippen LogP contribution in [0.25, 0.3) is 0 Å². The van der Waals surface area contributed by atoms with Crippen LogP contribution >= 0.6 is 0 Å². The van der Waals surface area contributed by atoms with E-state index < -0.39 is 6.10 Å². The normalized spacial score (nSPS) is 13.1. The van der Waals surface area contributed by atoms with Gasteiger partial charge in [0.2, 0.25) is 0 Å². The summed E-state index contributed by atoms with van der Waals surface area (Å²) in [5.74, 6) is -0.451. The quantitative estimate of drug-likeness (QED) is 0.0346. The molecule has 0 amide bonds. The lowest BCUT2D eigenvalue weighted by Gasteiger charge is -2.18. The third-order valence-electron chi connectivity index (χ3n) is 11.3. The number of carbonyl (C=O) groups is 2. The molecule has 376 valence electrons. The zero-order valence-corrected chi connectivity index (χ0v) is 43.2. The molecule has 0 aliphatic rings. The first-order valence-corrected chi connectivity index (χ1v) is 27.4. The van der Waals surface area contributed by atoms with Gasteiger partial charge in [-0.1, -0.05) is 233 Å². The maximum absolute atomic E-state index is 12.8. The third-order valence-corrected chi connectivity index (χ3v) is 11.3. The second-order valence-electron chi connectivity index (χ2n) is 17.7. The van der Waals surface area contributed by atoms with Crippen molar-refractivity contribution in [2.24, 2.45) is 0 Å². The van der Waals surface area contributed by atoms with Crippen molar-refractivity contribution in [3.05, 3.63) is 109 Å². The van der Waals surface area contributed by atoms with Crippen LogP contribution in [0, 0.1) is 0 Å². The first-order chi connectivity index (χ1) is 32.6. The lowest BCUT2D eigenvalue weighted by molar-refractivity contribution is -0.163. The van der Waals surface area contributed by atoms with Crippen LogP contribution in [-0.4, -0.2) is 37.9 Å². The molecule has 0 N–H and O–H groups in total. The van der Waals surface area contributed by atoms with E-state index in [9.17, 15) is 9.59 Å². The van der Waals surface area contributed by atoms with Crippen molar-refractivity contribution in [3.63, 3.8) is 0 Å². The molecule has 0 aliphatic heterocycles. The number of unbranched alkanes of at least 4 members (excludes halogenated alkanes) is 20. The first-order valence-electron chi connectivity index (χ1n) is 27.4. The molecular formula is C61H102O5. The van der Waals surface area contributed by atoms with Crippen molar-refractivity contribution in [1.29, 1.82) is 0 Å². The average Bonchev–Trinajstić information content (AvgIpc) is 3.32. The highest BCUT2D eigenvalue weighted by atomic mass is 16.6. The van der Waals surface area contributed by atoms with Gasteiger partial charge in [0.05, 0.1) is 6.61 Å². The van der Waals surface area contributed by atoms with E-state index in [4.69, 9.17) is 14.2 Å². The van der Waals surface area contributed by atoms with Gasteiger partial charge < -0.3 is 14.2 Å². The van der Waals surface area contributed by atoms with Gasteiger partial charge in [-0.15, -0.1) is 0 Å². The summed E-state index contributed by atoms with van der Waals surface area (Å²) in [5, 5.41) is 0. The standard InChI is InChI=1S/C61H102O5/c1-4-7-10-13-16-19-22-25-27-29-31-33-35-37-39-42-45-48-51-54-60(62)65-58-59(57-64-56-53-50-47-44-41-24-21-18-15-12-9-6-3)66-61(63)55-52-49-46-43-40-38-36-34-32-30-28-26-23-20-17-14-11-8-5-2/h7-8,10-11,16-17,19-20,25-28,31-34,37,39,59H,4-6,9,12-15,18,21-24,29-30,35-36,38,40-58H2,1-3H3/b10-7-,11-8-,19-16-,20-17-,27-25-,28-26-,33-31-,34-32-,39-37-. The zero-order valence-electron chi connectivity index (χ0n) is 43.2. The van der Waals surface area contributed by atoms with Crippen molar-refractivity contribution >= 4 is 11.9 Å². The fraction of sp³-hybridized carbons (Fsp3) is 0.672. The Kier molecular flexibility index (Phi) is 53.0. The molecule has 5 nitrogen and oxygen atoms in total. The third kappa shape index (κ3) is 53.2. The highest BCUT2D eigenvalue weighted by molar-refractivity contribution is 5.70. The van der Waals surface area contributed by atoms with E-state index in [2.05, 4.69) is 130 Å². The molecular weight excluding hydrogens is 813 g/mol. The minimum absolute atomic E-state index is 0.0579. The van der Waals surface area contributed by atoms with E-state index in [1.165, 1.54) is 83.5 Å². The van der Waals surface area contributed by atoms with Crippen molar-refractivity contribution in [2.75, 3.05) is 19.8 Å². The summed E-state index contributed by atoms with van der Waals surface area (Å²) >= 11 is 0. The van der Waals surface area contributed by atoms with Gasteiger partial charge in [0.15, 0.2) is 6.10 Å². The maximum Gasteiger partial charge on any atom is 0.306 e. The van der Waals surface area contributed by atoms with Crippen LogP contribution in [0.5, 0.6) is 0 Å². The monoisotopic (exact) mass is 915 g/mol. The molecule has 0 saturated heterocycles. The Hall–Kier alpha value is -3.44. The molecule has 66 heavy (non-hydrogen) atoms. The lowest BCUT2D eigenvalue weighted by Crippen LogP contribution is -2.30. The van der Waals surface area contributed by atoms with Crippen LogP contribution < -0.4 is 0 Å². The number of hydrogen-bond acceptors (Lipinski definition) is 5. The van der Waals surface area contributed by atoms with Crippen molar-refractivity contribution < 1.29 is 23.8 Å². The van der Waals surface area contributed by atoms with Crippen LogP contribution in [0.3, 0.4) is 0 Å². The largest absolute Gasteiger partial charge is 0.462 e. The van der Waals surface area contributed by atoms with Gasteiger partial charge in [-0.2, -0.15) is 0 Å². The predicted octanol–water partition coefficient (Wildman–Crippen LogP) is 18.8. The number of esters is 2. The van der Waals surface area contributed by atoms with Crippen molar-refractivity contribution in [2.45, 2.75) is 245 Å². The molecule has 0 aromatic rings. The highest BCUT2D eigenvalue weighted by Crippen LogP contribution is 2.14. The number of carbonyl (C=O) groups excluding carboxylic acids is 2. The summed E-state index contributed by atoms with van der Waals surface area (Å²) < 4.78 is 17.4. The number of ether oxygens (including phenoxy) is 3. The maximum atomic E-state index is 12.8. The van der Waals surface area contributed by atoms with Crippen LogP contribution in [0.1, 0.15) is 239 Å². The highest BCUT2D eigenvalue weighted by Gasteiger charge is 2.17. The van der Waals surface area contributed by atoms with Crippen LogP contribution in [-0.2, 0) is 23.8 Å². The SMILES string of the molecule is CC/C=C\C/C=C\C/C=C\C/C=C\C/C=C\CCCCCC(=O)OCC(COCCCCCCCCCCCCCC)OC(=O)CCCCCCCC/C=C\C/C=C\C/C=C\C/C=C\CC. The van der Waals surface area contributed by atoms with Gasteiger partial charge in [-0.3, -0.25) is 9.59 Å². The topological polar surface area (TPSA) is 61.8 Å². The Morgan fingerprint density at radius 1 is 0.348 bits per heavy atom. The fourth-order valence-electron chi connectivity index (χ4n) is 7.29. The molecule has 0 radical (unpaired) electrons. The minimum atomic E-state index is -0.563. The Morgan fingerprint density at radius 2 is 0.682 bits per heavy atom. The Balaban J connectivity index is 4.35. The van der Waals surface area contributed by atoms with Gasteiger partial charge in [-0.05, 0) is 103 Å². The Labute approximate surface area is 408 Å². The van der Waals surface area contributed by atoms with Gasteiger partial charge >= 0.3 is 11.9 Å². The summed E-state index contributed by atoms with van der Waals surface area (Å²) in [6, 6.07) is 0. The van der Waals surface area contributed by atoms with Gasteiger partial charge in [0.25, 0.3) is 0 Å². The minimum Gasteiger partial charge on any atom is -0.462 e. The Bertz CT molecular complexity index is 1310. The van der Waals surface area contributed by atoms with E-state index in [1.54, 1.807) is 0 Å². The molecule has 0 aliphatic carbocycles. The summed E-state index contributed by atoms with van der Waals surface area (Å²) in [7, 11) is 0. The van der Waals surface area contributed by atoms with E-state index in [-0.39, 0.29) is 25.2 Å². The lowest BCUT2D eigenvalue weighted by atomic mass is 10.1. The van der Waals surface area contributed by atoms with Crippen molar-refractivity contribution in [1.82, 2.24) is 0 Å². The number of allylic oxidation sites excluding steroid dienone is 18. The van der Waals surface area contributed by atoms with Crippen LogP contribution in [0.2, 0.25) is 0 Å². The van der Waals surface area contributed by atoms with Gasteiger partial charge in [0.1, 0.15) is 6.61 Å². The average molecular weight is 915 g/mol. The molecule has 0 spiro atoms. The van der Waals surface area contributed by atoms with Crippen LogP contribution in [0.4, 0.5) is 0 Å². The molecule has 0 fully saturated rings. The predicted molar refractivity (Wildman–Crippen MR) is 288 cm³/mol. The molecule has 5 heteroatoms.